The number of rotatable bonds is 6. The second-order valence-electron chi connectivity index (χ2n) is 5.23. The van der Waals surface area contributed by atoms with Gasteiger partial charge in [-0.05, 0) is 37.5 Å². The normalized spacial score (nSPS) is 11.9. The Morgan fingerprint density at radius 2 is 1.86 bits per heavy atom. The lowest BCUT2D eigenvalue weighted by atomic mass is 10.1. The first-order valence-electron chi connectivity index (χ1n) is 7.08. The van der Waals surface area contributed by atoms with Crippen LogP contribution in [-0.2, 0) is 18.3 Å². The molecule has 0 aliphatic carbocycles. The SMILES string of the molecule is C[C@H](CCc1ccccc1)NC(=O)C(=O)c1cccn1C. The first-order chi connectivity index (χ1) is 10.1. The second-order valence-corrected chi connectivity index (χ2v) is 5.23. The summed E-state index contributed by atoms with van der Waals surface area (Å²) in [6.45, 7) is 1.92. The highest BCUT2D eigenvalue weighted by molar-refractivity contribution is 6.42. The second kappa shape index (κ2) is 6.88. The Bertz CT molecular complexity index is 617. The fraction of sp³-hybridized carbons (Fsp3) is 0.294. The molecule has 0 fully saturated rings. The van der Waals surface area contributed by atoms with Crippen LogP contribution in [0.4, 0.5) is 0 Å². The molecule has 2 rings (SSSR count). The highest BCUT2D eigenvalue weighted by Gasteiger charge is 2.19. The van der Waals surface area contributed by atoms with Crippen LogP contribution in [0, 0.1) is 0 Å². The summed E-state index contributed by atoms with van der Waals surface area (Å²) in [5.41, 5.74) is 1.63. The number of Topliss-reactive ketones (excluding diaryl/α,β-unsaturated/α-hetero) is 1. The summed E-state index contributed by atoms with van der Waals surface area (Å²) in [6.07, 6.45) is 3.43. The van der Waals surface area contributed by atoms with Gasteiger partial charge in [-0.15, -0.1) is 0 Å². The molecule has 0 aliphatic heterocycles. The van der Waals surface area contributed by atoms with E-state index in [0.717, 1.165) is 12.8 Å². The van der Waals surface area contributed by atoms with Crippen LogP contribution in [0.5, 0.6) is 0 Å². The average Bonchev–Trinajstić information content (AvgIpc) is 2.91. The van der Waals surface area contributed by atoms with E-state index < -0.39 is 11.7 Å². The van der Waals surface area contributed by atoms with Gasteiger partial charge in [-0.1, -0.05) is 30.3 Å². The zero-order chi connectivity index (χ0) is 15.2. The van der Waals surface area contributed by atoms with Crippen LogP contribution in [0.15, 0.2) is 48.7 Å². The Balaban J connectivity index is 1.85. The van der Waals surface area contributed by atoms with Crippen molar-refractivity contribution in [3.05, 3.63) is 59.9 Å². The van der Waals surface area contributed by atoms with Crippen LogP contribution in [0.25, 0.3) is 0 Å². The molecule has 0 saturated heterocycles. The molecule has 1 amide bonds. The van der Waals surface area contributed by atoms with Crippen molar-refractivity contribution in [1.82, 2.24) is 9.88 Å². The van der Waals surface area contributed by atoms with Gasteiger partial charge in [-0.25, -0.2) is 0 Å². The van der Waals surface area contributed by atoms with E-state index in [2.05, 4.69) is 17.4 Å². The summed E-state index contributed by atoms with van der Waals surface area (Å²) >= 11 is 0. The zero-order valence-electron chi connectivity index (χ0n) is 12.4. The molecule has 1 aromatic heterocycles. The quantitative estimate of drug-likeness (QED) is 0.654. The molecular formula is C17H20N2O2. The largest absolute Gasteiger partial charge is 0.348 e. The van der Waals surface area contributed by atoms with Gasteiger partial charge in [0, 0.05) is 19.3 Å². The molecule has 1 aromatic carbocycles. The first-order valence-corrected chi connectivity index (χ1v) is 7.08. The number of benzene rings is 1. The summed E-state index contributed by atoms with van der Waals surface area (Å²) in [7, 11) is 1.75. The molecule has 0 unspecified atom stereocenters. The summed E-state index contributed by atoms with van der Waals surface area (Å²) in [5.74, 6) is -1.04. The topological polar surface area (TPSA) is 51.1 Å². The summed E-state index contributed by atoms with van der Waals surface area (Å²) in [5, 5.41) is 2.76. The molecule has 4 heteroatoms. The monoisotopic (exact) mass is 284 g/mol. The molecule has 0 aliphatic rings. The number of hydrogen-bond donors (Lipinski definition) is 1. The Labute approximate surface area is 124 Å². The molecule has 0 radical (unpaired) electrons. The predicted molar refractivity (Wildman–Crippen MR) is 82.1 cm³/mol. The third kappa shape index (κ3) is 4.05. The van der Waals surface area contributed by atoms with Crippen LogP contribution in [0.1, 0.15) is 29.4 Å². The van der Waals surface area contributed by atoms with Crippen molar-refractivity contribution >= 4 is 11.7 Å². The lowest BCUT2D eigenvalue weighted by Gasteiger charge is -2.13. The van der Waals surface area contributed by atoms with E-state index >= 15 is 0 Å². The fourth-order valence-corrected chi connectivity index (χ4v) is 2.20. The number of carbonyl (C=O) groups is 2. The molecule has 0 saturated carbocycles. The van der Waals surface area contributed by atoms with Gasteiger partial charge in [0.25, 0.3) is 11.7 Å². The smallest absolute Gasteiger partial charge is 0.294 e. The molecule has 21 heavy (non-hydrogen) atoms. The van der Waals surface area contributed by atoms with E-state index in [1.165, 1.54) is 5.56 Å². The van der Waals surface area contributed by atoms with Crippen LogP contribution >= 0.6 is 0 Å². The van der Waals surface area contributed by atoms with E-state index in [0.29, 0.717) is 5.69 Å². The van der Waals surface area contributed by atoms with Crippen molar-refractivity contribution in [3.63, 3.8) is 0 Å². The van der Waals surface area contributed by atoms with E-state index in [1.54, 1.807) is 29.9 Å². The van der Waals surface area contributed by atoms with Crippen LogP contribution in [-0.4, -0.2) is 22.3 Å². The molecule has 0 bridgehead atoms. The minimum absolute atomic E-state index is 0.0399. The van der Waals surface area contributed by atoms with Gasteiger partial charge < -0.3 is 9.88 Å². The highest BCUT2D eigenvalue weighted by atomic mass is 16.2. The third-order valence-electron chi connectivity index (χ3n) is 3.47. The number of hydrogen-bond acceptors (Lipinski definition) is 2. The van der Waals surface area contributed by atoms with E-state index in [4.69, 9.17) is 0 Å². The van der Waals surface area contributed by atoms with E-state index in [9.17, 15) is 9.59 Å². The number of amides is 1. The van der Waals surface area contributed by atoms with E-state index in [-0.39, 0.29) is 6.04 Å². The maximum atomic E-state index is 12.0. The number of carbonyl (C=O) groups excluding carboxylic acids is 2. The first kappa shape index (κ1) is 15.0. The van der Waals surface area contributed by atoms with Crippen LogP contribution < -0.4 is 5.32 Å². The van der Waals surface area contributed by atoms with Crippen molar-refractivity contribution in [2.75, 3.05) is 0 Å². The molecule has 1 heterocycles. The van der Waals surface area contributed by atoms with Crippen LogP contribution in [0.3, 0.4) is 0 Å². The maximum absolute atomic E-state index is 12.0. The predicted octanol–water partition coefficient (Wildman–Crippen LogP) is 2.35. The molecule has 2 aromatic rings. The van der Waals surface area contributed by atoms with E-state index in [1.807, 2.05) is 25.1 Å². The van der Waals surface area contributed by atoms with Gasteiger partial charge in [0.1, 0.15) is 0 Å². The zero-order valence-corrected chi connectivity index (χ0v) is 12.4. The average molecular weight is 284 g/mol. The minimum Gasteiger partial charge on any atom is -0.348 e. The fourth-order valence-electron chi connectivity index (χ4n) is 2.20. The third-order valence-corrected chi connectivity index (χ3v) is 3.47. The Kier molecular flexibility index (Phi) is 4.93. The number of ketones is 1. The van der Waals surface area contributed by atoms with Crippen molar-refractivity contribution in [2.45, 2.75) is 25.8 Å². The van der Waals surface area contributed by atoms with Crippen molar-refractivity contribution in [3.8, 4) is 0 Å². The van der Waals surface area contributed by atoms with Gasteiger partial charge in [0.05, 0.1) is 5.69 Å². The van der Waals surface area contributed by atoms with Gasteiger partial charge in [-0.3, -0.25) is 9.59 Å². The van der Waals surface area contributed by atoms with Gasteiger partial charge >= 0.3 is 0 Å². The molecule has 1 atom stereocenters. The molecule has 0 spiro atoms. The maximum Gasteiger partial charge on any atom is 0.294 e. The van der Waals surface area contributed by atoms with Crippen molar-refractivity contribution < 1.29 is 9.59 Å². The van der Waals surface area contributed by atoms with Gasteiger partial charge in [0.15, 0.2) is 0 Å². The van der Waals surface area contributed by atoms with Crippen LogP contribution in [0.2, 0.25) is 0 Å². The lowest BCUT2D eigenvalue weighted by molar-refractivity contribution is -0.117. The number of aromatic nitrogens is 1. The Morgan fingerprint density at radius 3 is 2.48 bits per heavy atom. The number of nitrogens with one attached hydrogen (secondary N) is 1. The molecular weight excluding hydrogens is 264 g/mol. The van der Waals surface area contributed by atoms with Crippen molar-refractivity contribution in [2.24, 2.45) is 7.05 Å². The van der Waals surface area contributed by atoms with Gasteiger partial charge in [-0.2, -0.15) is 0 Å². The molecule has 110 valence electrons. The lowest BCUT2D eigenvalue weighted by Crippen LogP contribution is -2.38. The minimum atomic E-state index is -0.544. The number of aryl methyl sites for hydroxylation is 2. The van der Waals surface area contributed by atoms with Crippen molar-refractivity contribution in [1.29, 1.82) is 0 Å². The molecule has 4 nitrogen and oxygen atoms in total. The number of nitrogens with zero attached hydrogens (tertiary/aromatic N) is 1. The highest BCUT2D eigenvalue weighted by Crippen LogP contribution is 2.06. The van der Waals surface area contributed by atoms with Gasteiger partial charge in [0.2, 0.25) is 0 Å². The Morgan fingerprint density at radius 1 is 1.14 bits per heavy atom. The standard InChI is InChI=1S/C17H20N2O2/c1-13(10-11-14-7-4-3-5-8-14)18-17(21)16(20)15-9-6-12-19(15)2/h3-9,12-13H,10-11H2,1-2H3,(H,18,21)/t13-/m1/s1. The summed E-state index contributed by atoms with van der Waals surface area (Å²) < 4.78 is 1.65. The Hall–Kier alpha value is -2.36. The molecule has 1 N–H and O–H groups in total. The summed E-state index contributed by atoms with van der Waals surface area (Å²) in [4.78, 5) is 23.9. The summed E-state index contributed by atoms with van der Waals surface area (Å²) in [6, 6.07) is 13.5.